The molecule has 0 radical (unpaired) electrons. The molecule has 1 saturated heterocycles. The van der Waals surface area contributed by atoms with Crippen molar-refractivity contribution >= 4 is 5.91 Å². The van der Waals surface area contributed by atoms with Crippen LogP contribution >= 0.6 is 0 Å². The molecular weight excluding hydrogens is 682 g/mol. The molecule has 1 aliphatic heterocycles. The zero-order valence-electron chi connectivity index (χ0n) is 35.0. The van der Waals surface area contributed by atoms with Gasteiger partial charge in [0.05, 0.1) is 25.4 Å². The van der Waals surface area contributed by atoms with Crippen LogP contribution in [0.2, 0.25) is 0 Å². The summed E-state index contributed by atoms with van der Waals surface area (Å²) in [6.45, 7) is 3.78. The molecule has 0 aliphatic carbocycles. The molecular formula is C45H87NO8. The van der Waals surface area contributed by atoms with Crippen molar-refractivity contribution in [1.29, 1.82) is 0 Å². The van der Waals surface area contributed by atoms with Crippen LogP contribution in [-0.2, 0) is 14.3 Å². The number of carbonyl (C=O) groups excluding carboxylic acids is 1. The van der Waals surface area contributed by atoms with E-state index in [1.807, 2.05) is 6.08 Å². The molecule has 9 heteroatoms. The molecule has 1 amide bonds. The minimum absolute atomic E-state index is 0.175. The third-order valence-electron chi connectivity index (χ3n) is 11.1. The lowest BCUT2D eigenvalue weighted by atomic mass is 9.99. The minimum atomic E-state index is -1.56. The van der Waals surface area contributed by atoms with Crippen LogP contribution in [0.25, 0.3) is 0 Å². The van der Waals surface area contributed by atoms with Gasteiger partial charge < -0.3 is 40.3 Å². The van der Waals surface area contributed by atoms with Gasteiger partial charge >= 0.3 is 0 Å². The first-order valence-electron chi connectivity index (χ1n) is 22.9. The highest BCUT2D eigenvalue weighted by Gasteiger charge is 2.44. The molecule has 6 N–H and O–H groups in total. The zero-order chi connectivity index (χ0) is 39.5. The molecule has 0 bridgehead atoms. The van der Waals surface area contributed by atoms with E-state index in [-0.39, 0.29) is 12.5 Å². The van der Waals surface area contributed by atoms with Crippen LogP contribution in [0, 0.1) is 0 Å². The summed E-state index contributed by atoms with van der Waals surface area (Å²) < 4.78 is 11.2. The van der Waals surface area contributed by atoms with Crippen LogP contribution < -0.4 is 5.32 Å². The van der Waals surface area contributed by atoms with Crippen LogP contribution in [0.15, 0.2) is 12.2 Å². The van der Waals surface area contributed by atoms with E-state index in [4.69, 9.17) is 9.47 Å². The number of aliphatic hydroxyl groups excluding tert-OH is 5. The summed E-state index contributed by atoms with van der Waals surface area (Å²) >= 11 is 0. The van der Waals surface area contributed by atoms with E-state index in [0.717, 1.165) is 38.5 Å². The number of hydrogen-bond donors (Lipinski definition) is 6. The van der Waals surface area contributed by atoms with Gasteiger partial charge in [-0.3, -0.25) is 4.79 Å². The smallest absolute Gasteiger partial charge is 0.220 e. The van der Waals surface area contributed by atoms with Crippen molar-refractivity contribution < 1.29 is 39.8 Å². The van der Waals surface area contributed by atoms with Crippen molar-refractivity contribution in [2.75, 3.05) is 13.2 Å². The second-order valence-corrected chi connectivity index (χ2v) is 16.2. The average molecular weight is 770 g/mol. The van der Waals surface area contributed by atoms with Gasteiger partial charge in [0.25, 0.3) is 0 Å². The maximum atomic E-state index is 12.9. The largest absolute Gasteiger partial charge is 0.394 e. The van der Waals surface area contributed by atoms with E-state index in [9.17, 15) is 30.3 Å². The monoisotopic (exact) mass is 770 g/mol. The molecule has 2 unspecified atom stereocenters. The highest BCUT2D eigenvalue weighted by molar-refractivity contribution is 5.76. The molecule has 0 spiro atoms. The van der Waals surface area contributed by atoms with E-state index < -0.39 is 49.5 Å². The summed E-state index contributed by atoms with van der Waals surface area (Å²) in [5.74, 6) is -0.175. The van der Waals surface area contributed by atoms with Crippen molar-refractivity contribution in [3.8, 4) is 0 Å². The molecule has 9 nitrogen and oxygen atoms in total. The Morgan fingerprint density at radius 1 is 0.611 bits per heavy atom. The fraction of sp³-hybridized carbons (Fsp3) is 0.933. The summed E-state index contributed by atoms with van der Waals surface area (Å²) in [5.41, 5.74) is 0. The quantitative estimate of drug-likeness (QED) is 0.0269. The number of ether oxygens (including phenoxy) is 2. The van der Waals surface area contributed by atoms with Gasteiger partial charge in [0.2, 0.25) is 5.91 Å². The Labute approximate surface area is 331 Å². The van der Waals surface area contributed by atoms with Gasteiger partial charge in [-0.25, -0.2) is 0 Å². The SMILES string of the molecule is CCCCCCCCCCCCCCCCC/C=C/[C@@H](O)[C@H](CO[C@@H]1O[C@H](CO)[C@@H](O)C(O)C1O)NC(=O)CCCCCCCCCCCCCCCC. The number of unbranched alkanes of at least 4 members (excludes halogenated alkanes) is 28. The van der Waals surface area contributed by atoms with Crippen molar-refractivity contribution in [2.24, 2.45) is 0 Å². The molecule has 1 fully saturated rings. The molecule has 7 atom stereocenters. The van der Waals surface area contributed by atoms with Crippen LogP contribution in [-0.4, -0.2) is 87.5 Å². The Kier molecular flexibility index (Phi) is 34.2. The van der Waals surface area contributed by atoms with Crippen LogP contribution in [0.4, 0.5) is 0 Å². The summed E-state index contributed by atoms with van der Waals surface area (Å²) in [6, 6.07) is -0.797. The Bertz CT molecular complexity index is 858. The van der Waals surface area contributed by atoms with Gasteiger partial charge in [-0.15, -0.1) is 0 Å². The van der Waals surface area contributed by atoms with Gasteiger partial charge in [-0.2, -0.15) is 0 Å². The number of amides is 1. The number of rotatable bonds is 38. The number of hydrogen-bond acceptors (Lipinski definition) is 8. The molecule has 1 rings (SSSR count). The predicted octanol–water partition coefficient (Wildman–Crippen LogP) is 9.34. The van der Waals surface area contributed by atoms with Crippen LogP contribution in [0.3, 0.4) is 0 Å². The standard InChI is InChI=1S/C45H87NO8/c1-3-5-7-9-11-13-15-17-19-20-21-22-24-26-28-30-32-34-39(48)38(37-53-45-44(52)43(51)42(50)40(36-47)54-45)46-41(49)35-33-31-29-27-25-23-18-16-14-12-10-8-6-4-2/h32,34,38-40,42-45,47-48,50-52H,3-31,33,35-37H2,1-2H3,(H,46,49)/b34-32+/t38-,39+,40+,42+,43?,44?,45+/m0/s1. The lowest BCUT2D eigenvalue weighted by molar-refractivity contribution is -0.302. The van der Waals surface area contributed by atoms with Gasteiger partial charge in [-0.05, 0) is 19.3 Å². The summed E-state index contributed by atoms with van der Waals surface area (Å²) in [4.78, 5) is 12.9. The normalized spacial score (nSPS) is 21.5. The molecule has 0 aromatic carbocycles. The number of nitrogens with one attached hydrogen (secondary N) is 1. The number of aliphatic hydroxyl groups is 5. The summed E-state index contributed by atoms with van der Waals surface area (Å²) in [7, 11) is 0. The van der Waals surface area contributed by atoms with E-state index in [2.05, 4.69) is 19.2 Å². The molecule has 0 aromatic heterocycles. The van der Waals surface area contributed by atoms with Crippen molar-refractivity contribution in [1.82, 2.24) is 5.32 Å². The molecule has 1 aliphatic rings. The summed E-state index contributed by atoms with van der Waals surface area (Å²) in [6.07, 6.45) is 33.9. The third kappa shape index (κ3) is 26.7. The molecule has 54 heavy (non-hydrogen) atoms. The first-order chi connectivity index (χ1) is 26.3. The van der Waals surface area contributed by atoms with Crippen molar-refractivity contribution in [3.05, 3.63) is 12.2 Å². The summed E-state index contributed by atoms with van der Waals surface area (Å²) in [5, 5.41) is 54.2. The second-order valence-electron chi connectivity index (χ2n) is 16.2. The van der Waals surface area contributed by atoms with Gasteiger partial charge in [0.15, 0.2) is 6.29 Å². The number of carbonyl (C=O) groups is 1. The highest BCUT2D eigenvalue weighted by Crippen LogP contribution is 2.23. The van der Waals surface area contributed by atoms with Gasteiger partial charge in [0, 0.05) is 6.42 Å². The topological polar surface area (TPSA) is 149 Å². The first kappa shape index (κ1) is 50.9. The number of allylic oxidation sites excluding steroid dienone is 1. The van der Waals surface area contributed by atoms with E-state index in [0.29, 0.717) is 6.42 Å². The maximum Gasteiger partial charge on any atom is 0.220 e. The molecule has 320 valence electrons. The molecule has 0 aromatic rings. The third-order valence-corrected chi connectivity index (χ3v) is 11.1. The van der Waals surface area contributed by atoms with Crippen LogP contribution in [0.5, 0.6) is 0 Å². The fourth-order valence-corrected chi connectivity index (χ4v) is 7.39. The van der Waals surface area contributed by atoms with Gasteiger partial charge in [-0.1, -0.05) is 199 Å². The van der Waals surface area contributed by atoms with Crippen LogP contribution in [0.1, 0.15) is 213 Å². The first-order valence-corrected chi connectivity index (χ1v) is 22.9. The maximum absolute atomic E-state index is 12.9. The second kappa shape index (κ2) is 36.3. The van der Waals surface area contributed by atoms with E-state index >= 15 is 0 Å². The van der Waals surface area contributed by atoms with E-state index in [1.165, 1.54) is 154 Å². The Morgan fingerprint density at radius 3 is 1.44 bits per heavy atom. The Morgan fingerprint density at radius 2 is 1.02 bits per heavy atom. The van der Waals surface area contributed by atoms with E-state index in [1.54, 1.807) is 6.08 Å². The fourth-order valence-electron chi connectivity index (χ4n) is 7.39. The van der Waals surface area contributed by atoms with Crippen molar-refractivity contribution in [2.45, 2.75) is 256 Å². The average Bonchev–Trinajstić information content (AvgIpc) is 3.17. The van der Waals surface area contributed by atoms with Gasteiger partial charge in [0.1, 0.15) is 24.4 Å². The lowest BCUT2D eigenvalue weighted by Gasteiger charge is -2.40. The highest BCUT2D eigenvalue weighted by atomic mass is 16.7. The Balaban J connectivity index is 2.36. The minimum Gasteiger partial charge on any atom is -0.394 e. The lowest BCUT2D eigenvalue weighted by Crippen LogP contribution is -2.60. The molecule has 0 saturated carbocycles. The van der Waals surface area contributed by atoms with Crippen molar-refractivity contribution in [3.63, 3.8) is 0 Å². The Hall–Kier alpha value is -1.07. The molecule has 1 heterocycles. The predicted molar refractivity (Wildman–Crippen MR) is 221 cm³/mol. The zero-order valence-corrected chi connectivity index (χ0v) is 35.0.